The zero-order valence-corrected chi connectivity index (χ0v) is 25.8. The van der Waals surface area contributed by atoms with E-state index in [1.807, 2.05) is 49.3 Å². The number of nitrogens with one attached hydrogen (secondary N) is 1. The van der Waals surface area contributed by atoms with Crippen LogP contribution in [-0.2, 0) is 6.54 Å². The van der Waals surface area contributed by atoms with Crippen LogP contribution < -0.4 is 10.1 Å². The summed E-state index contributed by atoms with van der Waals surface area (Å²) in [5.41, 5.74) is 3.85. The van der Waals surface area contributed by atoms with E-state index in [4.69, 9.17) is 16.3 Å². The van der Waals surface area contributed by atoms with E-state index >= 15 is 0 Å². The largest absolute Gasteiger partial charge is 0.496 e. The van der Waals surface area contributed by atoms with Gasteiger partial charge in [-0.25, -0.2) is 4.39 Å². The first kappa shape index (κ1) is 32.1. The van der Waals surface area contributed by atoms with Crippen LogP contribution in [0.15, 0.2) is 54.7 Å². The summed E-state index contributed by atoms with van der Waals surface area (Å²) in [6.07, 6.45) is 5.56. The van der Waals surface area contributed by atoms with Crippen LogP contribution in [0.1, 0.15) is 46.6 Å². The van der Waals surface area contributed by atoms with Crippen LogP contribution in [0.3, 0.4) is 0 Å². The Hall–Kier alpha value is -2.42. The maximum atomic E-state index is 14.6. The molecule has 1 fully saturated rings. The van der Waals surface area contributed by atoms with Crippen molar-refractivity contribution in [1.82, 2.24) is 15.2 Å². The summed E-state index contributed by atoms with van der Waals surface area (Å²) >= 11 is 7.90. The Morgan fingerprint density at radius 3 is 2.48 bits per heavy atom. The number of carbonyl (C=O) groups excluding carboxylic acids is 1. The van der Waals surface area contributed by atoms with Crippen molar-refractivity contribution in [2.45, 2.75) is 51.2 Å². The van der Waals surface area contributed by atoms with Gasteiger partial charge in [0.25, 0.3) is 5.91 Å². The number of carbonyl (C=O) groups is 1. The van der Waals surface area contributed by atoms with E-state index in [9.17, 15) is 9.18 Å². The normalized spacial score (nSPS) is 16.6. The Balaban J connectivity index is 0.00000220. The van der Waals surface area contributed by atoms with Crippen LogP contribution in [-0.4, -0.2) is 42.0 Å². The van der Waals surface area contributed by atoms with Crippen molar-refractivity contribution in [3.63, 3.8) is 0 Å². The monoisotopic (exact) mass is 623 g/mol. The minimum atomic E-state index is -0.412. The SMILES string of the molecule is CNC1CCC(N(Cc2cc(-c3ccc(C)nc3)ccc2OC)C(=O)c2sc3cccc(F)c3c2Cl)CC1.Cl.Cl. The predicted molar refractivity (Wildman–Crippen MR) is 167 cm³/mol. The number of ether oxygens (including phenoxy) is 1. The number of benzene rings is 2. The smallest absolute Gasteiger partial charge is 0.266 e. The first-order chi connectivity index (χ1) is 18.4. The number of fused-ring (bicyclic) bond motifs is 1. The molecule has 1 aliphatic carbocycles. The van der Waals surface area contributed by atoms with Gasteiger partial charge >= 0.3 is 0 Å². The third kappa shape index (κ3) is 6.55. The number of aromatic nitrogens is 1. The van der Waals surface area contributed by atoms with Crippen LogP contribution in [0.5, 0.6) is 5.75 Å². The molecule has 0 radical (unpaired) electrons. The number of halogens is 4. The minimum absolute atomic E-state index is 0. The van der Waals surface area contributed by atoms with E-state index in [1.54, 1.807) is 19.2 Å². The fourth-order valence-electron chi connectivity index (χ4n) is 5.29. The number of pyridine rings is 1. The molecule has 0 aliphatic heterocycles. The second-order valence-corrected chi connectivity index (χ2v) is 11.2. The fraction of sp³-hybridized carbons (Fsp3) is 0.333. The molecule has 214 valence electrons. The lowest BCUT2D eigenvalue weighted by molar-refractivity contribution is 0.0604. The molecule has 1 N–H and O–H groups in total. The highest BCUT2D eigenvalue weighted by Gasteiger charge is 2.32. The second kappa shape index (κ2) is 14.0. The van der Waals surface area contributed by atoms with Crippen LogP contribution in [0, 0.1) is 12.7 Å². The molecule has 0 spiro atoms. The van der Waals surface area contributed by atoms with E-state index in [-0.39, 0.29) is 41.8 Å². The Labute approximate surface area is 255 Å². The molecule has 0 bridgehead atoms. The molecule has 0 saturated heterocycles. The zero-order valence-electron chi connectivity index (χ0n) is 22.6. The average Bonchev–Trinajstić information content (AvgIpc) is 3.29. The van der Waals surface area contributed by atoms with Gasteiger partial charge in [-0.3, -0.25) is 9.78 Å². The fourth-order valence-corrected chi connectivity index (χ4v) is 6.79. The quantitative estimate of drug-likeness (QED) is 0.226. The molecule has 4 aromatic rings. The number of methoxy groups -OCH3 is 1. The van der Waals surface area contributed by atoms with Crippen molar-refractivity contribution in [1.29, 1.82) is 0 Å². The summed E-state index contributed by atoms with van der Waals surface area (Å²) in [5, 5.41) is 3.87. The predicted octanol–water partition coefficient (Wildman–Crippen LogP) is 8.09. The highest BCUT2D eigenvalue weighted by molar-refractivity contribution is 7.21. The highest BCUT2D eigenvalue weighted by atomic mass is 35.5. The number of nitrogens with zero attached hydrogens (tertiary/aromatic N) is 2. The average molecular weight is 625 g/mol. The maximum Gasteiger partial charge on any atom is 0.266 e. The van der Waals surface area contributed by atoms with E-state index in [2.05, 4.69) is 16.4 Å². The van der Waals surface area contributed by atoms with Gasteiger partial charge in [-0.1, -0.05) is 29.8 Å². The zero-order chi connectivity index (χ0) is 26.8. The number of rotatable bonds is 7. The van der Waals surface area contributed by atoms with Crippen molar-refractivity contribution in [2.75, 3.05) is 14.2 Å². The van der Waals surface area contributed by atoms with Crippen molar-refractivity contribution in [2.24, 2.45) is 0 Å². The Morgan fingerprint density at radius 2 is 1.85 bits per heavy atom. The van der Waals surface area contributed by atoms with Crippen LogP contribution in [0.2, 0.25) is 5.02 Å². The first-order valence-corrected chi connectivity index (χ1v) is 14.0. The topological polar surface area (TPSA) is 54.5 Å². The molecule has 0 unspecified atom stereocenters. The standard InChI is InChI=1S/C30H31ClFN3O2S.2ClH/c1-18-7-8-20(16-34-18)19-9-14-25(37-3)21(15-19)17-35(23-12-10-22(33-2)11-13-23)30(36)29-28(31)27-24(32)5-4-6-26(27)38-29;;/h4-9,14-16,22-23,33H,10-13,17H2,1-3H3;2*1H. The van der Waals surface area contributed by atoms with Crippen LogP contribution >= 0.6 is 47.8 Å². The van der Waals surface area contributed by atoms with Gasteiger partial charge in [-0.15, -0.1) is 36.2 Å². The number of hydrogen-bond acceptors (Lipinski definition) is 5. The minimum Gasteiger partial charge on any atom is -0.496 e. The molecule has 5 rings (SSSR count). The second-order valence-electron chi connectivity index (χ2n) is 9.80. The van der Waals surface area contributed by atoms with Gasteiger partial charge in [0.2, 0.25) is 0 Å². The third-order valence-corrected chi connectivity index (χ3v) is 9.11. The lowest BCUT2D eigenvalue weighted by Gasteiger charge is -2.37. The van der Waals surface area contributed by atoms with Gasteiger partial charge in [0.15, 0.2) is 0 Å². The van der Waals surface area contributed by atoms with Gasteiger partial charge in [-0.2, -0.15) is 0 Å². The van der Waals surface area contributed by atoms with E-state index in [1.165, 1.54) is 17.4 Å². The summed E-state index contributed by atoms with van der Waals surface area (Å²) in [6.45, 7) is 2.32. The van der Waals surface area contributed by atoms with Gasteiger partial charge in [-0.05, 0) is 75.5 Å². The summed E-state index contributed by atoms with van der Waals surface area (Å²) in [4.78, 5) is 20.9. The molecule has 40 heavy (non-hydrogen) atoms. The lowest BCUT2D eigenvalue weighted by atomic mass is 9.89. The van der Waals surface area contributed by atoms with Crippen LogP contribution in [0.25, 0.3) is 21.2 Å². The van der Waals surface area contributed by atoms with E-state index in [0.29, 0.717) is 33.3 Å². The number of aryl methyl sites for hydroxylation is 1. The third-order valence-electron chi connectivity index (χ3n) is 7.47. The molecule has 5 nitrogen and oxygen atoms in total. The maximum absolute atomic E-state index is 14.6. The van der Waals surface area contributed by atoms with Crippen molar-refractivity contribution in [3.8, 4) is 16.9 Å². The van der Waals surface area contributed by atoms with Crippen LogP contribution in [0.4, 0.5) is 4.39 Å². The van der Waals surface area contributed by atoms with Crippen molar-refractivity contribution in [3.05, 3.63) is 81.7 Å². The summed E-state index contributed by atoms with van der Waals surface area (Å²) in [5.74, 6) is 0.127. The molecule has 1 aliphatic rings. The van der Waals surface area contributed by atoms with Crippen molar-refractivity contribution < 1.29 is 13.9 Å². The molecule has 2 aromatic heterocycles. The number of hydrogen-bond donors (Lipinski definition) is 1. The van der Waals surface area contributed by atoms with Gasteiger partial charge in [0, 0.05) is 51.7 Å². The molecule has 1 amide bonds. The molecule has 0 atom stereocenters. The Kier molecular flexibility index (Phi) is 11.2. The molecule has 2 heterocycles. The summed E-state index contributed by atoms with van der Waals surface area (Å²) in [6, 6.07) is 15.3. The summed E-state index contributed by atoms with van der Waals surface area (Å²) in [7, 11) is 3.62. The molecule has 1 saturated carbocycles. The number of amides is 1. The van der Waals surface area contributed by atoms with E-state index in [0.717, 1.165) is 48.1 Å². The van der Waals surface area contributed by atoms with Gasteiger partial charge < -0.3 is 15.0 Å². The Bertz CT molecular complexity index is 1460. The van der Waals surface area contributed by atoms with Gasteiger partial charge in [0.05, 0.1) is 12.1 Å². The van der Waals surface area contributed by atoms with E-state index < -0.39 is 5.82 Å². The highest BCUT2D eigenvalue weighted by Crippen LogP contribution is 2.39. The van der Waals surface area contributed by atoms with Crippen molar-refractivity contribution >= 4 is 63.7 Å². The molecular formula is C30H33Cl3FN3O2S. The number of thiophene rings is 1. The molecular weight excluding hydrogens is 592 g/mol. The molecule has 10 heteroatoms. The Morgan fingerprint density at radius 1 is 1.12 bits per heavy atom. The first-order valence-electron chi connectivity index (χ1n) is 12.8. The summed E-state index contributed by atoms with van der Waals surface area (Å²) < 4.78 is 21.0. The lowest BCUT2D eigenvalue weighted by Crippen LogP contribution is -2.44. The molecule has 2 aromatic carbocycles. The van der Waals surface area contributed by atoms with Gasteiger partial charge in [0.1, 0.15) is 16.4 Å².